The summed E-state index contributed by atoms with van der Waals surface area (Å²) in [5.41, 5.74) is 0.707. The predicted molar refractivity (Wildman–Crippen MR) is 113 cm³/mol. The van der Waals surface area contributed by atoms with Gasteiger partial charge in [-0.25, -0.2) is 0 Å². The Bertz CT molecular complexity index is 944. The fourth-order valence-electron chi connectivity index (χ4n) is 2.65. The van der Waals surface area contributed by atoms with Gasteiger partial charge < -0.3 is 14.2 Å². The second-order valence-electron chi connectivity index (χ2n) is 6.16. The number of thioether (sulfide) groups is 1. The number of imide groups is 1. The largest absolute Gasteiger partial charge is 0.490 e. The monoisotopic (exact) mass is 427 g/mol. The minimum Gasteiger partial charge on any atom is -0.490 e. The molecule has 0 bridgehead atoms. The highest BCUT2D eigenvalue weighted by Gasteiger charge is 2.36. The SMILES string of the molecule is CCOC(=O)CN1C(=O)S/C(=C/c2cccc(OCCOc3ccccc3)c2)C1=O. The van der Waals surface area contributed by atoms with Crippen molar-refractivity contribution in [3.63, 3.8) is 0 Å². The summed E-state index contributed by atoms with van der Waals surface area (Å²) < 4.78 is 16.1. The Hall–Kier alpha value is -3.26. The molecule has 0 atom stereocenters. The minimum absolute atomic E-state index is 0.189. The lowest BCUT2D eigenvalue weighted by Crippen LogP contribution is -2.34. The van der Waals surface area contributed by atoms with Crippen LogP contribution >= 0.6 is 11.8 Å². The third-order valence-corrected chi connectivity index (χ3v) is 4.89. The molecule has 0 aromatic heterocycles. The predicted octanol–water partition coefficient (Wildman–Crippen LogP) is 3.74. The zero-order valence-corrected chi connectivity index (χ0v) is 17.2. The lowest BCUT2D eigenvalue weighted by atomic mass is 10.2. The van der Waals surface area contributed by atoms with E-state index in [0.29, 0.717) is 24.5 Å². The second kappa shape index (κ2) is 10.5. The average Bonchev–Trinajstić information content (AvgIpc) is 3.00. The quantitative estimate of drug-likeness (QED) is 0.342. The first-order valence-electron chi connectivity index (χ1n) is 9.38. The van der Waals surface area contributed by atoms with Crippen molar-refractivity contribution in [1.29, 1.82) is 0 Å². The van der Waals surface area contributed by atoms with Crippen LogP contribution < -0.4 is 9.47 Å². The fourth-order valence-corrected chi connectivity index (χ4v) is 3.49. The molecule has 8 heteroatoms. The van der Waals surface area contributed by atoms with Crippen LogP contribution in [-0.2, 0) is 14.3 Å². The van der Waals surface area contributed by atoms with Gasteiger partial charge in [0.25, 0.3) is 11.1 Å². The number of carbonyl (C=O) groups is 3. The number of carbonyl (C=O) groups excluding carboxylic acids is 3. The van der Waals surface area contributed by atoms with Gasteiger partial charge in [-0.1, -0.05) is 30.3 Å². The standard InChI is InChI=1S/C22H21NO6S/c1-2-27-20(24)15-23-21(25)19(30-22(23)26)14-16-7-6-10-18(13-16)29-12-11-28-17-8-4-3-5-9-17/h3-10,13-14H,2,11-12,15H2,1H3/b19-14+. The summed E-state index contributed by atoms with van der Waals surface area (Å²) in [6.45, 7) is 2.21. The number of nitrogens with zero attached hydrogens (tertiary/aromatic N) is 1. The number of rotatable bonds is 9. The van der Waals surface area contributed by atoms with Gasteiger partial charge in [-0.3, -0.25) is 19.3 Å². The molecule has 0 spiro atoms. The molecule has 1 saturated heterocycles. The highest BCUT2D eigenvalue weighted by Crippen LogP contribution is 2.32. The summed E-state index contributed by atoms with van der Waals surface area (Å²) >= 11 is 0.792. The number of hydrogen-bond donors (Lipinski definition) is 0. The maximum absolute atomic E-state index is 12.5. The molecule has 2 aromatic rings. The van der Waals surface area contributed by atoms with Crippen LogP contribution in [0.1, 0.15) is 12.5 Å². The Morgan fingerprint density at radius 3 is 2.43 bits per heavy atom. The molecule has 3 rings (SSSR count). The van der Waals surface area contributed by atoms with Crippen LogP contribution in [0.3, 0.4) is 0 Å². The number of ether oxygens (including phenoxy) is 3. The molecule has 30 heavy (non-hydrogen) atoms. The Morgan fingerprint density at radius 1 is 1.00 bits per heavy atom. The minimum atomic E-state index is -0.617. The Morgan fingerprint density at radius 2 is 1.70 bits per heavy atom. The fraction of sp³-hybridized carbons (Fsp3) is 0.227. The van der Waals surface area contributed by atoms with E-state index in [1.54, 1.807) is 37.3 Å². The van der Waals surface area contributed by atoms with E-state index in [2.05, 4.69) is 0 Å². The first-order valence-corrected chi connectivity index (χ1v) is 10.2. The Labute approximate surface area is 178 Å². The third-order valence-electron chi connectivity index (χ3n) is 3.99. The Kier molecular flexibility index (Phi) is 7.51. The van der Waals surface area contributed by atoms with E-state index in [0.717, 1.165) is 22.4 Å². The van der Waals surface area contributed by atoms with Gasteiger partial charge >= 0.3 is 5.97 Å². The molecule has 0 aliphatic carbocycles. The van der Waals surface area contributed by atoms with E-state index < -0.39 is 17.1 Å². The van der Waals surface area contributed by atoms with Crippen molar-refractivity contribution in [1.82, 2.24) is 4.90 Å². The van der Waals surface area contributed by atoms with Crippen molar-refractivity contribution in [3.8, 4) is 11.5 Å². The van der Waals surface area contributed by atoms with Gasteiger partial charge in [0.15, 0.2) is 0 Å². The van der Waals surface area contributed by atoms with Crippen LogP contribution in [0.15, 0.2) is 59.5 Å². The van der Waals surface area contributed by atoms with Gasteiger partial charge in [0.2, 0.25) is 0 Å². The molecule has 1 fully saturated rings. The molecule has 2 amide bonds. The van der Waals surface area contributed by atoms with Crippen molar-refractivity contribution < 1.29 is 28.6 Å². The van der Waals surface area contributed by atoms with Crippen molar-refractivity contribution in [2.24, 2.45) is 0 Å². The number of para-hydroxylation sites is 1. The molecular formula is C22H21NO6S. The van der Waals surface area contributed by atoms with Gasteiger partial charge in [-0.05, 0) is 54.6 Å². The van der Waals surface area contributed by atoms with Gasteiger partial charge in [-0.2, -0.15) is 0 Å². The summed E-state index contributed by atoms with van der Waals surface area (Å²) in [6.07, 6.45) is 1.60. The molecule has 1 heterocycles. The number of amides is 2. The van der Waals surface area contributed by atoms with Gasteiger partial charge in [0.05, 0.1) is 11.5 Å². The summed E-state index contributed by atoms with van der Waals surface area (Å²) in [5.74, 6) is 0.259. The van der Waals surface area contributed by atoms with Crippen LogP contribution in [-0.4, -0.2) is 48.4 Å². The van der Waals surface area contributed by atoms with E-state index in [9.17, 15) is 14.4 Å². The van der Waals surface area contributed by atoms with Gasteiger partial charge in [-0.15, -0.1) is 0 Å². The first-order chi connectivity index (χ1) is 14.6. The van der Waals surface area contributed by atoms with Crippen molar-refractivity contribution in [2.45, 2.75) is 6.92 Å². The topological polar surface area (TPSA) is 82.1 Å². The molecule has 1 aliphatic heterocycles. The molecule has 0 N–H and O–H groups in total. The number of esters is 1. The van der Waals surface area contributed by atoms with E-state index in [1.165, 1.54) is 0 Å². The number of benzene rings is 2. The van der Waals surface area contributed by atoms with Crippen molar-refractivity contribution >= 4 is 35.0 Å². The highest BCUT2D eigenvalue weighted by atomic mass is 32.2. The van der Waals surface area contributed by atoms with E-state index in [4.69, 9.17) is 14.2 Å². The second-order valence-corrected chi connectivity index (χ2v) is 7.15. The lowest BCUT2D eigenvalue weighted by molar-refractivity contribution is -0.145. The Balaban J connectivity index is 1.57. The molecule has 2 aromatic carbocycles. The van der Waals surface area contributed by atoms with E-state index in [-0.39, 0.29) is 18.1 Å². The van der Waals surface area contributed by atoms with Crippen LogP contribution in [0.25, 0.3) is 6.08 Å². The average molecular weight is 427 g/mol. The van der Waals surface area contributed by atoms with Gasteiger partial charge in [0.1, 0.15) is 31.3 Å². The van der Waals surface area contributed by atoms with Crippen molar-refractivity contribution in [2.75, 3.05) is 26.4 Å². The van der Waals surface area contributed by atoms with Crippen LogP contribution in [0, 0.1) is 0 Å². The highest BCUT2D eigenvalue weighted by molar-refractivity contribution is 8.18. The van der Waals surface area contributed by atoms with E-state index in [1.807, 2.05) is 30.3 Å². The molecule has 0 unspecified atom stereocenters. The maximum atomic E-state index is 12.5. The van der Waals surface area contributed by atoms with Crippen LogP contribution in [0.4, 0.5) is 4.79 Å². The lowest BCUT2D eigenvalue weighted by Gasteiger charge is -2.10. The summed E-state index contributed by atoms with van der Waals surface area (Å²) in [6, 6.07) is 16.6. The van der Waals surface area contributed by atoms with Crippen LogP contribution in [0.5, 0.6) is 11.5 Å². The van der Waals surface area contributed by atoms with E-state index >= 15 is 0 Å². The molecule has 0 saturated carbocycles. The maximum Gasteiger partial charge on any atom is 0.326 e. The molecule has 156 valence electrons. The van der Waals surface area contributed by atoms with Crippen molar-refractivity contribution in [3.05, 3.63) is 65.1 Å². The first kappa shape index (κ1) is 21.4. The normalized spacial score (nSPS) is 14.8. The van der Waals surface area contributed by atoms with Crippen LogP contribution in [0.2, 0.25) is 0 Å². The van der Waals surface area contributed by atoms with Gasteiger partial charge in [0, 0.05) is 0 Å². The summed E-state index contributed by atoms with van der Waals surface area (Å²) in [5, 5.41) is -0.496. The smallest absolute Gasteiger partial charge is 0.326 e. The summed E-state index contributed by atoms with van der Waals surface area (Å²) in [4.78, 5) is 37.2. The molecule has 0 radical (unpaired) electrons. The molecular weight excluding hydrogens is 406 g/mol. The molecule has 7 nitrogen and oxygen atoms in total. The number of hydrogen-bond acceptors (Lipinski definition) is 7. The zero-order chi connectivity index (χ0) is 21.3. The summed E-state index contributed by atoms with van der Waals surface area (Å²) in [7, 11) is 0. The molecule has 1 aliphatic rings. The third kappa shape index (κ3) is 5.87. The zero-order valence-electron chi connectivity index (χ0n) is 16.4.